The number of aldehydes is 2. The van der Waals surface area contributed by atoms with Gasteiger partial charge in [-0.3, -0.25) is 23.6 Å². The van der Waals surface area contributed by atoms with Crippen LogP contribution in [0.2, 0.25) is 0 Å². The summed E-state index contributed by atoms with van der Waals surface area (Å²) < 4.78 is 67.3. The quantitative estimate of drug-likeness (QED) is 0.122. The van der Waals surface area contributed by atoms with E-state index in [0.29, 0.717) is 0 Å². The minimum atomic E-state index is -5.64. The first-order valence-corrected chi connectivity index (χ1v) is 10.4. The Morgan fingerprint density at radius 2 is 0.857 bits per heavy atom. The second-order valence-electron chi connectivity index (χ2n) is 3.77. The van der Waals surface area contributed by atoms with Crippen LogP contribution in [-0.4, -0.2) is 96.2 Å². The van der Waals surface area contributed by atoms with Gasteiger partial charge in [0.2, 0.25) is 0 Å². The second kappa shape index (κ2) is 14.2. The van der Waals surface area contributed by atoms with Gasteiger partial charge in [-0.05, 0) is 0 Å². The van der Waals surface area contributed by atoms with Crippen LogP contribution < -0.4 is 0 Å². The molecule has 0 aliphatic rings. The Morgan fingerprint density at radius 1 is 0.714 bits per heavy atom. The van der Waals surface area contributed by atoms with Gasteiger partial charge in [0.1, 0.15) is 0 Å². The molecule has 0 atom stereocenters. The standard InChI is InChI=1S/2C4H9O6P.F2HO2P.Li.H/c2*1-9-11(8,10-2)4(6,7)3-5;1-5(2,3)4;;/h2*3,6-7H,1-2H3;(H,3,4);;. The van der Waals surface area contributed by atoms with Gasteiger partial charge < -0.3 is 38.5 Å². The van der Waals surface area contributed by atoms with Gasteiger partial charge in [0.25, 0.3) is 0 Å². The third-order valence-corrected chi connectivity index (χ3v) is 5.83. The zero-order valence-corrected chi connectivity index (χ0v) is 16.8. The number of hydrogen-bond donors (Lipinski definition) is 5. The topological polar surface area (TPSA) is 223 Å². The van der Waals surface area contributed by atoms with E-state index in [4.69, 9.17) is 29.9 Å². The van der Waals surface area contributed by atoms with Crippen LogP contribution in [0.4, 0.5) is 8.39 Å². The third kappa shape index (κ3) is 12.6. The molecule has 0 spiro atoms. The first-order valence-electron chi connectivity index (χ1n) is 5.84. The Morgan fingerprint density at radius 3 is 0.893 bits per heavy atom. The average molecular weight is 478 g/mol. The van der Waals surface area contributed by atoms with Gasteiger partial charge >= 0.3 is 53.1 Å². The molecule has 0 rings (SSSR count). The summed E-state index contributed by atoms with van der Waals surface area (Å²) in [7, 11) is -10.2. The predicted molar refractivity (Wildman–Crippen MR) is 88.9 cm³/mol. The number of carbonyl (C=O) groups is 2. The molecule has 0 radical (unpaired) electrons. The maximum absolute atomic E-state index is 11.0. The Hall–Kier alpha value is 0.127. The molecule has 0 amide bonds. The second-order valence-corrected chi connectivity index (χ2v) is 9.41. The monoisotopic (exact) mass is 478 g/mol. The van der Waals surface area contributed by atoms with Gasteiger partial charge in [0, 0.05) is 28.4 Å². The van der Waals surface area contributed by atoms with Crippen LogP contribution in [0.5, 0.6) is 0 Å². The molecule has 20 heteroatoms. The molecule has 0 bridgehead atoms. The molecular weight excluding hydrogens is 458 g/mol. The van der Waals surface area contributed by atoms with Crippen molar-refractivity contribution >= 4 is 54.6 Å². The maximum atomic E-state index is 11.0. The summed E-state index contributed by atoms with van der Waals surface area (Å²) in [5.41, 5.74) is -6.15. The third-order valence-electron chi connectivity index (χ3n) is 2.08. The molecule has 0 fully saturated rings. The molecule has 0 saturated heterocycles. The summed E-state index contributed by atoms with van der Waals surface area (Å²) in [6, 6.07) is 0. The Labute approximate surface area is 169 Å². The summed E-state index contributed by atoms with van der Waals surface area (Å²) in [6.07, 6.45) is -0.637. The van der Waals surface area contributed by atoms with Crippen molar-refractivity contribution in [1.82, 2.24) is 0 Å². The molecule has 0 aromatic heterocycles. The summed E-state index contributed by atoms with van der Waals surface area (Å²) >= 11 is 0. The van der Waals surface area contributed by atoms with E-state index in [0.717, 1.165) is 28.4 Å². The van der Waals surface area contributed by atoms with Crippen molar-refractivity contribution in [2.24, 2.45) is 0 Å². The number of carbonyl (C=O) groups excluding carboxylic acids is 2. The van der Waals surface area contributed by atoms with Gasteiger partial charge in [-0.15, -0.1) is 8.39 Å². The van der Waals surface area contributed by atoms with Gasteiger partial charge in [-0.25, -0.2) is 4.57 Å². The number of rotatable bonds is 8. The molecule has 0 unspecified atom stereocenters. The molecular formula is C8H20F2LiO14P3. The van der Waals surface area contributed by atoms with Crippen molar-refractivity contribution < 1.29 is 75.1 Å². The van der Waals surface area contributed by atoms with E-state index in [-0.39, 0.29) is 31.4 Å². The number of aliphatic hydroxyl groups is 4. The fourth-order valence-electron chi connectivity index (χ4n) is 0.816. The van der Waals surface area contributed by atoms with Crippen LogP contribution in [0.3, 0.4) is 0 Å². The van der Waals surface area contributed by atoms with Gasteiger partial charge in [-0.2, -0.15) is 0 Å². The Kier molecular flexibility index (Phi) is 18.0. The van der Waals surface area contributed by atoms with Crippen molar-refractivity contribution in [3.63, 3.8) is 0 Å². The minimum absolute atomic E-state index is 0. The van der Waals surface area contributed by atoms with Crippen molar-refractivity contribution in [2.45, 2.75) is 11.1 Å². The van der Waals surface area contributed by atoms with E-state index in [1.165, 1.54) is 0 Å². The van der Waals surface area contributed by atoms with Crippen LogP contribution in [0.25, 0.3) is 0 Å². The van der Waals surface area contributed by atoms with Crippen molar-refractivity contribution in [1.29, 1.82) is 0 Å². The summed E-state index contributed by atoms with van der Waals surface area (Å²) in [6.45, 7) is 0. The fraction of sp³-hybridized carbons (Fsp3) is 0.750. The van der Waals surface area contributed by atoms with Crippen LogP contribution in [0.1, 0.15) is 0 Å². The van der Waals surface area contributed by atoms with E-state index < -0.39 is 34.2 Å². The first-order chi connectivity index (χ1) is 11.9. The van der Waals surface area contributed by atoms with Crippen molar-refractivity contribution in [3.8, 4) is 0 Å². The fourth-order valence-corrected chi connectivity index (χ4v) is 2.45. The molecule has 5 N–H and O–H groups in total. The van der Waals surface area contributed by atoms with Crippen molar-refractivity contribution in [3.05, 3.63) is 0 Å². The van der Waals surface area contributed by atoms with E-state index in [9.17, 15) is 27.1 Å². The van der Waals surface area contributed by atoms with E-state index in [2.05, 4.69) is 18.1 Å². The zero-order chi connectivity index (χ0) is 22.7. The normalized spacial score (nSPS) is 12.4. The van der Waals surface area contributed by atoms with Gasteiger partial charge in [0.05, 0.1) is 0 Å². The molecule has 28 heavy (non-hydrogen) atoms. The van der Waals surface area contributed by atoms with Crippen LogP contribution >= 0.6 is 23.2 Å². The van der Waals surface area contributed by atoms with Crippen LogP contribution in [0.15, 0.2) is 0 Å². The molecule has 0 heterocycles. The average Bonchev–Trinajstić information content (AvgIpc) is 2.58. The summed E-state index contributed by atoms with van der Waals surface area (Å²) in [5, 5.41) is 34.9. The molecule has 14 nitrogen and oxygen atoms in total. The predicted octanol–water partition coefficient (Wildman–Crippen LogP) is -1.00. The summed E-state index contributed by atoms with van der Waals surface area (Å²) in [5.74, 6) is 0. The molecule has 0 aromatic rings. The van der Waals surface area contributed by atoms with E-state index in [1.807, 2.05) is 0 Å². The molecule has 0 saturated carbocycles. The zero-order valence-electron chi connectivity index (χ0n) is 14.2. The molecule has 166 valence electrons. The van der Waals surface area contributed by atoms with Gasteiger partial charge in [-0.1, -0.05) is 0 Å². The Bertz CT molecular complexity index is 541. The molecule has 0 aromatic carbocycles. The van der Waals surface area contributed by atoms with Gasteiger partial charge in [0.15, 0.2) is 12.6 Å². The van der Waals surface area contributed by atoms with E-state index >= 15 is 0 Å². The number of hydrogen-bond acceptors (Lipinski definition) is 13. The van der Waals surface area contributed by atoms with Crippen LogP contribution in [-0.2, 0) is 41.4 Å². The summed E-state index contributed by atoms with van der Waals surface area (Å²) in [4.78, 5) is 26.7. The number of halogens is 2. The van der Waals surface area contributed by atoms with Crippen LogP contribution in [0, 0.1) is 0 Å². The first kappa shape index (κ1) is 35.6. The Balaban J connectivity index is -0.000000162. The molecule has 0 aliphatic heterocycles. The van der Waals surface area contributed by atoms with E-state index in [1.54, 1.807) is 0 Å². The molecule has 0 aliphatic carbocycles. The SMILES string of the molecule is COP(=O)(OC)C(O)(O)C=O.COP(=O)(OC)C(O)(O)C=O.O=P(O)(F)F.[LiH]. The van der Waals surface area contributed by atoms with Crippen molar-refractivity contribution in [2.75, 3.05) is 28.4 Å².